The summed E-state index contributed by atoms with van der Waals surface area (Å²) in [6.07, 6.45) is 2.73. The van der Waals surface area contributed by atoms with Crippen molar-refractivity contribution in [2.24, 2.45) is 0 Å². The lowest BCUT2D eigenvalue weighted by Crippen LogP contribution is -2.51. The molecule has 6 heteroatoms. The van der Waals surface area contributed by atoms with Crippen molar-refractivity contribution in [3.05, 3.63) is 35.9 Å². The maximum Gasteiger partial charge on any atom is 0.258 e. The number of hydrogen-bond donors (Lipinski definition) is 1. The van der Waals surface area contributed by atoms with Gasteiger partial charge in [-0.15, -0.1) is 0 Å². The van der Waals surface area contributed by atoms with Crippen molar-refractivity contribution in [1.29, 1.82) is 0 Å². The Bertz CT molecular complexity index is 583. The van der Waals surface area contributed by atoms with Crippen LogP contribution in [0.2, 0.25) is 0 Å². The first-order chi connectivity index (χ1) is 12.1. The molecule has 0 aromatic heterocycles. The third kappa shape index (κ3) is 6.40. The van der Waals surface area contributed by atoms with Crippen LogP contribution in [0, 0.1) is 0 Å². The summed E-state index contributed by atoms with van der Waals surface area (Å²) in [6.45, 7) is 5.60. The maximum absolute atomic E-state index is 12.2. The van der Waals surface area contributed by atoms with Crippen LogP contribution in [0.3, 0.4) is 0 Å². The van der Waals surface area contributed by atoms with Gasteiger partial charge in [-0.2, -0.15) is 0 Å². The van der Waals surface area contributed by atoms with Gasteiger partial charge in [0.15, 0.2) is 18.1 Å². The van der Waals surface area contributed by atoms with Crippen molar-refractivity contribution in [2.45, 2.75) is 32.4 Å². The lowest BCUT2D eigenvalue weighted by atomic mass is 10.1. The summed E-state index contributed by atoms with van der Waals surface area (Å²) in [5.41, 5.74) is 1.21. The lowest BCUT2D eigenvalue weighted by molar-refractivity contribution is -0.127. The number of benzene rings is 1. The van der Waals surface area contributed by atoms with E-state index < -0.39 is 0 Å². The third-order valence-corrected chi connectivity index (χ3v) is 3.87. The predicted octanol–water partition coefficient (Wildman–Crippen LogP) is 2.33. The second-order valence-electron chi connectivity index (χ2n) is 6.13. The minimum atomic E-state index is -0.211. The van der Waals surface area contributed by atoms with Gasteiger partial charge in [0.1, 0.15) is 0 Å². The van der Waals surface area contributed by atoms with Crippen molar-refractivity contribution in [3.63, 3.8) is 0 Å². The van der Waals surface area contributed by atoms with Gasteiger partial charge in [0.2, 0.25) is 0 Å². The minimum absolute atomic E-state index is 0.0560. The van der Waals surface area contributed by atoms with E-state index in [1.807, 2.05) is 32.1 Å². The van der Waals surface area contributed by atoms with Crippen LogP contribution < -0.4 is 14.8 Å². The topological polar surface area (TPSA) is 66.0 Å². The van der Waals surface area contributed by atoms with E-state index in [0.717, 1.165) is 6.42 Å². The quantitative estimate of drug-likeness (QED) is 0.730. The van der Waals surface area contributed by atoms with Gasteiger partial charge < -0.3 is 24.3 Å². The average molecular weight is 349 g/mol. The summed E-state index contributed by atoms with van der Waals surface area (Å²) in [4.78, 5) is 12.2. The Morgan fingerprint density at radius 2 is 2.08 bits per heavy atom. The molecule has 1 fully saturated rings. The van der Waals surface area contributed by atoms with E-state index in [1.165, 1.54) is 5.57 Å². The highest BCUT2D eigenvalue weighted by Gasteiger charge is 2.27. The molecule has 2 rings (SSSR count). The number of methoxy groups -OCH3 is 1. The van der Waals surface area contributed by atoms with Gasteiger partial charge in [0, 0.05) is 6.61 Å². The van der Waals surface area contributed by atoms with E-state index in [2.05, 4.69) is 5.32 Å². The molecule has 1 aliphatic rings. The molecule has 1 aromatic carbocycles. The van der Waals surface area contributed by atoms with Crippen molar-refractivity contribution in [1.82, 2.24) is 5.32 Å². The first-order valence-electron chi connectivity index (χ1n) is 8.48. The van der Waals surface area contributed by atoms with E-state index in [0.29, 0.717) is 31.3 Å². The Hall–Kier alpha value is -2.05. The summed E-state index contributed by atoms with van der Waals surface area (Å²) < 4.78 is 22.1. The van der Waals surface area contributed by atoms with Crippen LogP contribution in [0.5, 0.6) is 11.5 Å². The summed E-state index contributed by atoms with van der Waals surface area (Å²) in [7, 11) is 1.57. The Kier molecular flexibility index (Phi) is 7.76. The predicted molar refractivity (Wildman–Crippen MR) is 95.0 cm³/mol. The first-order valence-corrected chi connectivity index (χ1v) is 8.48. The van der Waals surface area contributed by atoms with Crippen molar-refractivity contribution >= 4 is 5.91 Å². The molecule has 0 radical (unpaired) electrons. The van der Waals surface area contributed by atoms with Crippen LogP contribution in [0.1, 0.15) is 20.3 Å². The minimum Gasteiger partial charge on any atom is -0.493 e. The zero-order chi connectivity index (χ0) is 18.1. The van der Waals surface area contributed by atoms with E-state index in [1.54, 1.807) is 19.2 Å². The Morgan fingerprint density at radius 3 is 2.80 bits per heavy atom. The molecule has 138 valence electrons. The fourth-order valence-corrected chi connectivity index (χ4v) is 2.52. The summed E-state index contributed by atoms with van der Waals surface area (Å²) >= 11 is 0. The highest BCUT2D eigenvalue weighted by Crippen LogP contribution is 2.25. The molecule has 1 heterocycles. The fraction of sp³-hybridized carbons (Fsp3) is 0.526. The van der Waals surface area contributed by atoms with E-state index in [9.17, 15) is 4.79 Å². The largest absolute Gasteiger partial charge is 0.493 e. The van der Waals surface area contributed by atoms with Crippen LogP contribution in [0.25, 0.3) is 0 Å². The second kappa shape index (κ2) is 10.1. The number of para-hydroxylation sites is 2. The standard InChI is InChI=1S/C19H27NO5/c1-14(2)8-11-24-16-9-10-23-12-15(16)20-19(21)13-25-18-7-5-4-6-17(18)22-3/h4-8,15-16H,9-13H2,1-3H3,(H,20,21)/t15-,16+/m0/s1. The molecule has 1 saturated heterocycles. The number of hydrogen-bond acceptors (Lipinski definition) is 5. The van der Waals surface area contributed by atoms with Crippen LogP contribution in [0.4, 0.5) is 0 Å². The SMILES string of the molecule is COc1ccccc1OCC(=O)N[C@H]1COCC[C@H]1OCC=C(C)C. The Labute approximate surface area is 149 Å². The highest BCUT2D eigenvalue weighted by atomic mass is 16.5. The van der Waals surface area contributed by atoms with Crippen molar-refractivity contribution in [3.8, 4) is 11.5 Å². The lowest BCUT2D eigenvalue weighted by Gasteiger charge is -2.31. The second-order valence-corrected chi connectivity index (χ2v) is 6.13. The molecule has 1 aromatic rings. The average Bonchev–Trinajstić information content (AvgIpc) is 2.61. The number of carbonyl (C=O) groups excluding carboxylic acids is 1. The van der Waals surface area contributed by atoms with Crippen LogP contribution in [0.15, 0.2) is 35.9 Å². The molecule has 25 heavy (non-hydrogen) atoms. The van der Waals surface area contributed by atoms with E-state index in [-0.39, 0.29) is 24.7 Å². The smallest absolute Gasteiger partial charge is 0.258 e. The van der Waals surface area contributed by atoms with Crippen LogP contribution in [-0.2, 0) is 14.3 Å². The molecular formula is C19H27NO5. The van der Waals surface area contributed by atoms with Gasteiger partial charge in [0.05, 0.1) is 32.5 Å². The summed E-state index contributed by atoms with van der Waals surface area (Å²) in [5, 5.41) is 2.94. The summed E-state index contributed by atoms with van der Waals surface area (Å²) in [5.74, 6) is 0.924. The molecule has 0 saturated carbocycles. The number of amides is 1. The maximum atomic E-state index is 12.2. The van der Waals surface area contributed by atoms with Gasteiger partial charge in [-0.1, -0.05) is 23.8 Å². The van der Waals surface area contributed by atoms with Gasteiger partial charge in [-0.05, 0) is 32.4 Å². The Balaban J connectivity index is 1.83. The van der Waals surface area contributed by atoms with Gasteiger partial charge >= 0.3 is 0 Å². The van der Waals surface area contributed by atoms with Crippen molar-refractivity contribution < 1.29 is 23.7 Å². The molecule has 1 amide bonds. The van der Waals surface area contributed by atoms with E-state index in [4.69, 9.17) is 18.9 Å². The van der Waals surface area contributed by atoms with Crippen molar-refractivity contribution in [2.75, 3.05) is 33.5 Å². The van der Waals surface area contributed by atoms with Crippen LogP contribution >= 0.6 is 0 Å². The zero-order valence-electron chi connectivity index (χ0n) is 15.1. The Morgan fingerprint density at radius 1 is 1.32 bits per heavy atom. The molecule has 0 bridgehead atoms. The monoisotopic (exact) mass is 349 g/mol. The normalized spacial score (nSPS) is 19.8. The van der Waals surface area contributed by atoms with Gasteiger partial charge in [-0.3, -0.25) is 4.79 Å². The molecule has 6 nitrogen and oxygen atoms in total. The number of nitrogens with one attached hydrogen (secondary N) is 1. The van der Waals surface area contributed by atoms with Gasteiger partial charge in [-0.25, -0.2) is 0 Å². The van der Waals surface area contributed by atoms with Crippen LogP contribution in [-0.4, -0.2) is 51.6 Å². The number of carbonyl (C=O) groups is 1. The number of rotatable bonds is 8. The molecular weight excluding hydrogens is 322 g/mol. The zero-order valence-corrected chi connectivity index (χ0v) is 15.1. The van der Waals surface area contributed by atoms with E-state index >= 15 is 0 Å². The first kappa shape index (κ1) is 19.3. The highest BCUT2D eigenvalue weighted by molar-refractivity contribution is 5.78. The summed E-state index contributed by atoms with van der Waals surface area (Å²) in [6, 6.07) is 7.06. The molecule has 0 unspecified atom stereocenters. The molecule has 1 aliphatic heterocycles. The van der Waals surface area contributed by atoms with Gasteiger partial charge in [0.25, 0.3) is 5.91 Å². The number of allylic oxidation sites excluding steroid dienone is 1. The molecule has 0 spiro atoms. The molecule has 2 atom stereocenters. The fourth-order valence-electron chi connectivity index (χ4n) is 2.52. The molecule has 1 N–H and O–H groups in total. The molecule has 0 aliphatic carbocycles. The third-order valence-electron chi connectivity index (χ3n) is 3.87. The number of ether oxygens (including phenoxy) is 4.